The fourth-order valence-corrected chi connectivity index (χ4v) is 1.43. The second kappa shape index (κ2) is 4.28. The van der Waals surface area contributed by atoms with Crippen LogP contribution in [-0.4, -0.2) is 11.0 Å². The predicted molar refractivity (Wildman–Crippen MR) is 59.3 cm³/mol. The van der Waals surface area contributed by atoms with Crippen molar-refractivity contribution in [3.63, 3.8) is 0 Å². The highest BCUT2D eigenvalue weighted by molar-refractivity contribution is 5.52. The van der Waals surface area contributed by atoms with Gasteiger partial charge in [-0.25, -0.2) is 4.98 Å². The molecule has 2 aromatic rings. The molecule has 1 atom stereocenters. The molecule has 0 saturated carbocycles. The van der Waals surface area contributed by atoms with E-state index in [-0.39, 0.29) is 6.04 Å². The monoisotopic (exact) mass is 202 g/mol. The van der Waals surface area contributed by atoms with Gasteiger partial charge in [0.15, 0.2) is 0 Å². The summed E-state index contributed by atoms with van der Waals surface area (Å²) >= 11 is 0. The van der Waals surface area contributed by atoms with Crippen LogP contribution in [0.3, 0.4) is 0 Å². The van der Waals surface area contributed by atoms with Gasteiger partial charge in [0.1, 0.15) is 5.76 Å². The first-order chi connectivity index (χ1) is 7.25. The van der Waals surface area contributed by atoms with Gasteiger partial charge in [-0.05, 0) is 19.1 Å². The van der Waals surface area contributed by atoms with E-state index in [4.69, 9.17) is 10.2 Å². The van der Waals surface area contributed by atoms with Crippen LogP contribution < -0.4 is 5.73 Å². The number of nitrogens with two attached hydrogens (primary N) is 1. The van der Waals surface area contributed by atoms with E-state index in [0.29, 0.717) is 5.89 Å². The summed E-state index contributed by atoms with van der Waals surface area (Å²) in [6.07, 6.45) is 2.46. The molecule has 0 aliphatic carbocycles. The molecule has 0 bridgehead atoms. The number of hydrogen-bond donors (Lipinski definition) is 1. The molecule has 2 N–H and O–H groups in total. The molecular weight excluding hydrogens is 188 g/mol. The summed E-state index contributed by atoms with van der Waals surface area (Å²) in [5.41, 5.74) is 6.68. The lowest BCUT2D eigenvalue weighted by molar-refractivity contribution is 0.500. The Morgan fingerprint density at radius 1 is 1.33 bits per heavy atom. The lowest BCUT2D eigenvalue weighted by Gasteiger charge is -1.99. The molecule has 3 nitrogen and oxygen atoms in total. The Morgan fingerprint density at radius 3 is 2.73 bits per heavy atom. The van der Waals surface area contributed by atoms with Gasteiger partial charge in [0.25, 0.3) is 0 Å². The van der Waals surface area contributed by atoms with Crippen LogP contribution in [-0.2, 0) is 6.42 Å². The van der Waals surface area contributed by atoms with Crippen molar-refractivity contribution in [3.8, 4) is 11.5 Å². The molecule has 0 fully saturated rings. The molecule has 0 amide bonds. The van der Waals surface area contributed by atoms with Crippen molar-refractivity contribution in [2.24, 2.45) is 5.73 Å². The first kappa shape index (κ1) is 9.93. The topological polar surface area (TPSA) is 52.0 Å². The fraction of sp³-hybridized carbons (Fsp3) is 0.250. The molecule has 0 aliphatic rings. The Balaban J connectivity index is 2.21. The Kier molecular flexibility index (Phi) is 2.83. The van der Waals surface area contributed by atoms with Crippen LogP contribution in [0.4, 0.5) is 0 Å². The zero-order chi connectivity index (χ0) is 10.7. The molecule has 0 saturated heterocycles. The lowest BCUT2D eigenvalue weighted by Crippen LogP contribution is -2.17. The van der Waals surface area contributed by atoms with E-state index in [0.717, 1.165) is 17.7 Å². The minimum atomic E-state index is 0.0987. The first-order valence-electron chi connectivity index (χ1n) is 5.01. The normalized spacial score (nSPS) is 12.7. The molecule has 3 heteroatoms. The first-order valence-corrected chi connectivity index (χ1v) is 5.01. The van der Waals surface area contributed by atoms with Crippen molar-refractivity contribution in [1.29, 1.82) is 0 Å². The van der Waals surface area contributed by atoms with Gasteiger partial charge in [-0.1, -0.05) is 18.2 Å². The summed E-state index contributed by atoms with van der Waals surface area (Å²) in [5, 5.41) is 0. The van der Waals surface area contributed by atoms with Crippen LogP contribution in [0.15, 0.2) is 40.9 Å². The minimum Gasteiger partial charge on any atom is -0.441 e. The third-order valence-electron chi connectivity index (χ3n) is 2.10. The molecule has 0 aliphatic heterocycles. The maximum Gasteiger partial charge on any atom is 0.226 e. The lowest BCUT2D eigenvalue weighted by atomic mass is 10.2. The average Bonchev–Trinajstić information content (AvgIpc) is 2.67. The number of oxazole rings is 1. The van der Waals surface area contributed by atoms with Gasteiger partial charge < -0.3 is 10.2 Å². The number of benzene rings is 1. The fourth-order valence-electron chi connectivity index (χ4n) is 1.43. The van der Waals surface area contributed by atoms with Crippen molar-refractivity contribution in [1.82, 2.24) is 4.98 Å². The van der Waals surface area contributed by atoms with Crippen LogP contribution in [0.25, 0.3) is 11.5 Å². The minimum absolute atomic E-state index is 0.0987. The van der Waals surface area contributed by atoms with E-state index in [2.05, 4.69) is 4.98 Å². The molecule has 1 unspecified atom stereocenters. The zero-order valence-corrected chi connectivity index (χ0v) is 8.68. The highest BCUT2D eigenvalue weighted by atomic mass is 16.4. The Bertz CT molecular complexity index is 420. The highest BCUT2D eigenvalue weighted by Crippen LogP contribution is 2.18. The van der Waals surface area contributed by atoms with Gasteiger partial charge in [-0.3, -0.25) is 0 Å². The van der Waals surface area contributed by atoms with E-state index in [9.17, 15) is 0 Å². The molecule has 15 heavy (non-hydrogen) atoms. The summed E-state index contributed by atoms with van der Waals surface area (Å²) in [7, 11) is 0. The van der Waals surface area contributed by atoms with Gasteiger partial charge in [-0.15, -0.1) is 0 Å². The summed E-state index contributed by atoms with van der Waals surface area (Å²) < 4.78 is 5.59. The van der Waals surface area contributed by atoms with Gasteiger partial charge in [0.2, 0.25) is 5.89 Å². The van der Waals surface area contributed by atoms with Crippen LogP contribution in [0.2, 0.25) is 0 Å². The zero-order valence-electron chi connectivity index (χ0n) is 8.68. The summed E-state index contributed by atoms with van der Waals surface area (Å²) in [6, 6.07) is 9.94. The summed E-state index contributed by atoms with van der Waals surface area (Å²) in [4.78, 5) is 4.22. The smallest absolute Gasteiger partial charge is 0.226 e. The third kappa shape index (κ3) is 2.44. The van der Waals surface area contributed by atoms with Crippen molar-refractivity contribution < 1.29 is 4.42 Å². The number of hydrogen-bond acceptors (Lipinski definition) is 3. The molecule has 0 radical (unpaired) electrons. The third-order valence-corrected chi connectivity index (χ3v) is 2.10. The van der Waals surface area contributed by atoms with Gasteiger partial charge in [0, 0.05) is 18.0 Å². The van der Waals surface area contributed by atoms with Gasteiger partial charge in [0.05, 0.1) is 6.20 Å². The summed E-state index contributed by atoms with van der Waals surface area (Å²) in [5.74, 6) is 1.50. The van der Waals surface area contributed by atoms with Crippen molar-refractivity contribution in [2.75, 3.05) is 0 Å². The van der Waals surface area contributed by atoms with Gasteiger partial charge in [-0.2, -0.15) is 0 Å². The quantitative estimate of drug-likeness (QED) is 0.830. The maximum absolute atomic E-state index is 5.68. The predicted octanol–water partition coefficient (Wildman–Crippen LogP) is 2.23. The molecule has 0 spiro atoms. The Hall–Kier alpha value is -1.61. The van der Waals surface area contributed by atoms with Crippen LogP contribution in [0, 0.1) is 0 Å². The molecule has 1 heterocycles. The summed E-state index contributed by atoms with van der Waals surface area (Å²) in [6.45, 7) is 1.95. The van der Waals surface area contributed by atoms with E-state index < -0.39 is 0 Å². The van der Waals surface area contributed by atoms with Crippen molar-refractivity contribution in [2.45, 2.75) is 19.4 Å². The Morgan fingerprint density at radius 2 is 2.07 bits per heavy atom. The van der Waals surface area contributed by atoms with Crippen molar-refractivity contribution >= 4 is 0 Å². The number of rotatable bonds is 3. The highest BCUT2D eigenvalue weighted by Gasteiger charge is 2.07. The maximum atomic E-state index is 5.68. The van der Waals surface area contributed by atoms with E-state index in [1.807, 2.05) is 37.3 Å². The Labute approximate surface area is 88.9 Å². The largest absolute Gasteiger partial charge is 0.441 e. The molecule has 1 aromatic carbocycles. The van der Waals surface area contributed by atoms with E-state index >= 15 is 0 Å². The molecule has 78 valence electrons. The SMILES string of the molecule is CC(N)Cc1cnc(-c2ccccc2)o1. The second-order valence-corrected chi connectivity index (χ2v) is 3.68. The molecular formula is C12H14N2O. The van der Waals surface area contributed by atoms with Gasteiger partial charge >= 0.3 is 0 Å². The number of aromatic nitrogens is 1. The average molecular weight is 202 g/mol. The van der Waals surface area contributed by atoms with Crippen LogP contribution in [0.5, 0.6) is 0 Å². The van der Waals surface area contributed by atoms with Crippen molar-refractivity contribution in [3.05, 3.63) is 42.3 Å². The standard InChI is InChI=1S/C12H14N2O/c1-9(13)7-11-8-14-12(15-11)10-5-3-2-4-6-10/h2-6,8-9H,7,13H2,1H3. The molecule has 2 rings (SSSR count). The molecule has 1 aromatic heterocycles. The van der Waals surface area contributed by atoms with Crippen LogP contribution in [0.1, 0.15) is 12.7 Å². The van der Waals surface area contributed by atoms with E-state index in [1.54, 1.807) is 6.20 Å². The second-order valence-electron chi connectivity index (χ2n) is 3.68. The number of nitrogens with zero attached hydrogens (tertiary/aromatic N) is 1. The van der Waals surface area contributed by atoms with Crippen LogP contribution >= 0.6 is 0 Å². The van der Waals surface area contributed by atoms with E-state index in [1.165, 1.54) is 0 Å².